The zero-order valence-corrected chi connectivity index (χ0v) is 7.94. The first-order valence-electron chi connectivity index (χ1n) is 4.27. The summed E-state index contributed by atoms with van der Waals surface area (Å²) in [5.41, 5.74) is 0. The summed E-state index contributed by atoms with van der Waals surface area (Å²) in [6, 6.07) is 0.655. The molecule has 0 heterocycles. The fourth-order valence-corrected chi connectivity index (χ4v) is 0.657. The minimum absolute atomic E-state index is 0.655. The zero-order chi connectivity index (χ0) is 8.15. The van der Waals surface area contributed by atoms with Crippen molar-refractivity contribution in [2.75, 3.05) is 6.54 Å². The molecule has 62 valence electrons. The van der Waals surface area contributed by atoms with E-state index >= 15 is 0 Å². The molecule has 0 spiro atoms. The molecule has 0 aromatic heterocycles. The van der Waals surface area contributed by atoms with Crippen molar-refractivity contribution in [2.24, 2.45) is 11.8 Å². The van der Waals surface area contributed by atoms with E-state index in [0.717, 1.165) is 18.4 Å². The molecule has 0 fully saturated rings. The molecule has 0 aliphatic carbocycles. The number of rotatable bonds is 4. The van der Waals surface area contributed by atoms with Crippen molar-refractivity contribution < 1.29 is 0 Å². The molecule has 0 bridgehead atoms. The third-order valence-corrected chi connectivity index (χ3v) is 1.85. The Morgan fingerprint density at radius 2 is 1.50 bits per heavy atom. The Morgan fingerprint density at radius 1 is 1.00 bits per heavy atom. The lowest BCUT2D eigenvalue weighted by molar-refractivity contribution is 0.401. The molecule has 10 heavy (non-hydrogen) atoms. The van der Waals surface area contributed by atoms with Gasteiger partial charge < -0.3 is 5.32 Å². The van der Waals surface area contributed by atoms with Gasteiger partial charge in [-0.3, -0.25) is 0 Å². The second-order valence-electron chi connectivity index (χ2n) is 3.83. The lowest BCUT2D eigenvalue weighted by Crippen LogP contribution is -2.33. The Balaban J connectivity index is 3.30. The van der Waals surface area contributed by atoms with Crippen LogP contribution in [-0.4, -0.2) is 12.6 Å². The molecule has 0 aliphatic heterocycles. The summed E-state index contributed by atoms with van der Waals surface area (Å²) >= 11 is 0. The summed E-state index contributed by atoms with van der Waals surface area (Å²) < 4.78 is 0. The third-order valence-electron chi connectivity index (χ3n) is 1.85. The van der Waals surface area contributed by atoms with E-state index in [1.54, 1.807) is 0 Å². The van der Waals surface area contributed by atoms with Crippen LogP contribution < -0.4 is 5.32 Å². The van der Waals surface area contributed by atoms with Crippen molar-refractivity contribution in [1.29, 1.82) is 0 Å². The molecular formula is C9H21N. The van der Waals surface area contributed by atoms with E-state index in [2.05, 4.69) is 39.9 Å². The van der Waals surface area contributed by atoms with Crippen LogP contribution in [0.2, 0.25) is 0 Å². The maximum atomic E-state index is 3.48. The second kappa shape index (κ2) is 4.73. The Labute approximate surface area is 65.2 Å². The third kappa shape index (κ3) is 4.80. The lowest BCUT2D eigenvalue weighted by atomic mass is 10.1. The topological polar surface area (TPSA) is 12.0 Å². The minimum atomic E-state index is 0.655. The van der Waals surface area contributed by atoms with Gasteiger partial charge in [-0.25, -0.2) is 0 Å². The average molecular weight is 143 g/mol. The molecule has 1 N–H and O–H groups in total. The van der Waals surface area contributed by atoms with Gasteiger partial charge in [0.1, 0.15) is 0 Å². The quantitative estimate of drug-likeness (QED) is 0.636. The SMILES string of the molecule is CC(C)CNC(C)C(C)C. The molecular weight excluding hydrogens is 122 g/mol. The molecule has 1 heteroatoms. The van der Waals surface area contributed by atoms with Crippen LogP contribution in [0.5, 0.6) is 0 Å². The molecule has 0 amide bonds. The largest absolute Gasteiger partial charge is 0.314 e. The monoisotopic (exact) mass is 143 g/mol. The summed E-state index contributed by atoms with van der Waals surface area (Å²) in [5, 5.41) is 3.48. The lowest BCUT2D eigenvalue weighted by Gasteiger charge is -2.18. The van der Waals surface area contributed by atoms with Crippen LogP contribution in [0, 0.1) is 11.8 Å². The Kier molecular flexibility index (Phi) is 4.71. The molecule has 0 aliphatic rings. The molecule has 0 aromatic rings. The highest BCUT2D eigenvalue weighted by Crippen LogP contribution is 2.00. The molecule has 1 nitrogen and oxygen atoms in total. The van der Waals surface area contributed by atoms with Gasteiger partial charge in [0.15, 0.2) is 0 Å². The molecule has 1 atom stereocenters. The van der Waals surface area contributed by atoms with Crippen molar-refractivity contribution >= 4 is 0 Å². The van der Waals surface area contributed by atoms with Gasteiger partial charge in [-0.05, 0) is 25.3 Å². The van der Waals surface area contributed by atoms with Crippen molar-refractivity contribution in [3.63, 3.8) is 0 Å². The van der Waals surface area contributed by atoms with Gasteiger partial charge in [-0.1, -0.05) is 27.7 Å². The van der Waals surface area contributed by atoms with Crippen LogP contribution in [0.25, 0.3) is 0 Å². The van der Waals surface area contributed by atoms with E-state index < -0.39 is 0 Å². The second-order valence-corrected chi connectivity index (χ2v) is 3.83. The highest BCUT2D eigenvalue weighted by Gasteiger charge is 2.05. The van der Waals surface area contributed by atoms with E-state index in [-0.39, 0.29) is 0 Å². The summed E-state index contributed by atoms with van der Waals surface area (Å²) in [5.74, 6) is 1.51. The maximum Gasteiger partial charge on any atom is 0.00618 e. The fraction of sp³-hybridized carbons (Fsp3) is 1.00. The smallest absolute Gasteiger partial charge is 0.00618 e. The van der Waals surface area contributed by atoms with Gasteiger partial charge in [0, 0.05) is 6.04 Å². The van der Waals surface area contributed by atoms with Crippen LogP contribution in [0.1, 0.15) is 34.6 Å². The first kappa shape index (κ1) is 9.96. The molecule has 0 aromatic carbocycles. The number of hydrogen-bond acceptors (Lipinski definition) is 1. The first-order chi connectivity index (χ1) is 4.54. The van der Waals surface area contributed by atoms with E-state index in [4.69, 9.17) is 0 Å². The molecule has 1 unspecified atom stereocenters. The van der Waals surface area contributed by atoms with Crippen LogP contribution >= 0.6 is 0 Å². The van der Waals surface area contributed by atoms with E-state index in [1.165, 1.54) is 0 Å². The zero-order valence-electron chi connectivity index (χ0n) is 7.94. The van der Waals surface area contributed by atoms with Gasteiger partial charge >= 0.3 is 0 Å². The van der Waals surface area contributed by atoms with Gasteiger partial charge in [-0.15, -0.1) is 0 Å². The standard InChI is InChI=1S/C9H21N/c1-7(2)6-10-9(5)8(3)4/h7-10H,6H2,1-5H3. The van der Waals surface area contributed by atoms with Crippen molar-refractivity contribution in [2.45, 2.75) is 40.7 Å². The Morgan fingerprint density at radius 3 is 1.80 bits per heavy atom. The van der Waals surface area contributed by atoms with Crippen LogP contribution in [-0.2, 0) is 0 Å². The number of nitrogens with one attached hydrogen (secondary N) is 1. The fourth-order valence-electron chi connectivity index (χ4n) is 0.657. The Bertz CT molecular complexity index is 76.8. The number of hydrogen-bond donors (Lipinski definition) is 1. The van der Waals surface area contributed by atoms with Gasteiger partial charge in [0.25, 0.3) is 0 Å². The van der Waals surface area contributed by atoms with Gasteiger partial charge in [-0.2, -0.15) is 0 Å². The van der Waals surface area contributed by atoms with Crippen LogP contribution in [0.3, 0.4) is 0 Å². The minimum Gasteiger partial charge on any atom is -0.314 e. The highest BCUT2D eigenvalue weighted by atomic mass is 14.9. The summed E-state index contributed by atoms with van der Waals surface area (Å²) in [6.07, 6.45) is 0. The molecule has 0 saturated carbocycles. The van der Waals surface area contributed by atoms with E-state index in [0.29, 0.717) is 6.04 Å². The van der Waals surface area contributed by atoms with Crippen LogP contribution in [0.15, 0.2) is 0 Å². The summed E-state index contributed by atoms with van der Waals surface area (Å²) in [4.78, 5) is 0. The average Bonchev–Trinajstić information content (AvgIpc) is 1.82. The van der Waals surface area contributed by atoms with E-state index in [1.807, 2.05) is 0 Å². The molecule has 0 rings (SSSR count). The predicted molar refractivity (Wildman–Crippen MR) is 47.1 cm³/mol. The van der Waals surface area contributed by atoms with Crippen molar-refractivity contribution in [3.05, 3.63) is 0 Å². The first-order valence-corrected chi connectivity index (χ1v) is 4.27. The van der Waals surface area contributed by atoms with Gasteiger partial charge in [0.2, 0.25) is 0 Å². The van der Waals surface area contributed by atoms with E-state index in [9.17, 15) is 0 Å². The molecule has 0 radical (unpaired) electrons. The summed E-state index contributed by atoms with van der Waals surface area (Å²) in [6.45, 7) is 12.3. The summed E-state index contributed by atoms with van der Waals surface area (Å²) in [7, 11) is 0. The van der Waals surface area contributed by atoms with Gasteiger partial charge in [0.05, 0.1) is 0 Å². The predicted octanol–water partition coefficient (Wildman–Crippen LogP) is 2.28. The molecule has 0 saturated heterocycles. The highest BCUT2D eigenvalue weighted by molar-refractivity contribution is 4.64. The normalized spacial score (nSPS) is 14.7. The maximum absolute atomic E-state index is 3.48. The van der Waals surface area contributed by atoms with Crippen LogP contribution in [0.4, 0.5) is 0 Å². The Hall–Kier alpha value is -0.0400. The van der Waals surface area contributed by atoms with Crippen molar-refractivity contribution in [1.82, 2.24) is 5.32 Å². The van der Waals surface area contributed by atoms with Crippen molar-refractivity contribution in [3.8, 4) is 0 Å².